The molecule has 1 aromatic heterocycles. The van der Waals surface area contributed by atoms with Gasteiger partial charge in [0.25, 0.3) is 0 Å². The van der Waals surface area contributed by atoms with E-state index in [0.717, 1.165) is 23.4 Å². The third-order valence-electron chi connectivity index (χ3n) is 5.78. The van der Waals surface area contributed by atoms with Gasteiger partial charge in [-0.25, -0.2) is 8.78 Å². The standard InChI is InChI=1S/C23H24BF2N5/c1-4-14-7-13(2)17(25)10-16(14)15-8-18(26)23-20(9-15)29-30-21(23)11-28-19-5-6-31(24)12-22(19)27-3/h7-10,28H,3-6,11-12H2,1-2H3,(H,29,30). The van der Waals surface area contributed by atoms with Gasteiger partial charge < -0.3 is 10.1 Å². The van der Waals surface area contributed by atoms with Crippen molar-refractivity contribution in [3.63, 3.8) is 0 Å². The van der Waals surface area contributed by atoms with E-state index in [4.69, 9.17) is 7.98 Å². The Balaban J connectivity index is 1.66. The molecule has 2 radical (unpaired) electrons. The Morgan fingerprint density at radius 3 is 2.81 bits per heavy atom. The van der Waals surface area contributed by atoms with Gasteiger partial charge >= 0.3 is 0 Å². The molecule has 1 aliphatic rings. The first-order valence-corrected chi connectivity index (χ1v) is 10.3. The lowest BCUT2D eigenvalue weighted by Gasteiger charge is -2.26. The van der Waals surface area contributed by atoms with Gasteiger partial charge in [-0.3, -0.25) is 10.1 Å². The van der Waals surface area contributed by atoms with Gasteiger partial charge in [-0.1, -0.05) is 13.0 Å². The maximum absolute atomic E-state index is 15.2. The van der Waals surface area contributed by atoms with Crippen LogP contribution in [-0.2, 0) is 13.0 Å². The van der Waals surface area contributed by atoms with Crippen LogP contribution < -0.4 is 5.32 Å². The molecule has 0 aliphatic carbocycles. The molecule has 8 heteroatoms. The van der Waals surface area contributed by atoms with Crippen molar-refractivity contribution in [2.45, 2.75) is 33.2 Å². The number of benzene rings is 2. The number of halogens is 2. The number of hydrogen-bond donors (Lipinski definition) is 2. The first kappa shape index (κ1) is 21.2. The number of fused-ring (bicyclic) bond motifs is 1. The first-order valence-electron chi connectivity index (χ1n) is 10.3. The highest BCUT2D eigenvalue weighted by Crippen LogP contribution is 2.32. The van der Waals surface area contributed by atoms with Crippen molar-refractivity contribution < 1.29 is 8.78 Å². The highest BCUT2D eigenvalue weighted by Gasteiger charge is 2.18. The fraction of sp³-hybridized carbons (Fsp3) is 0.304. The van der Waals surface area contributed by atoms with Crippen molar-refractivity contribution in [3.05, 3.63) is 64.1 Å². The van der Waals surface area contributed by atoms with Gasteiger partial charge in [0.15, 0.2) is 7.98 Å². The summed E-state index contributed by atoms with van der Waals surface area (Å²) in [6.45, 7) is 8.92. The van der Waals surface area contributed by atoms with E-state index in [1.165, 1.54) is 12.1 Å². The molecule has 2 aromatic carbocycles. The molecule has 2 heterocycles. The van der Waals surface area contributed by atoms with Crippen LogP contribution in [0, 0.1) is 18.6 Å². The molecular weight excluding hydrogens is 395 g/mol. The molecule has 4 rings (SSSR count). The molecule has 0 fully saturated rings. The Bertz CT molecular complexity index is 1180. The Labute approximate surface area is 181 Å². The number of H-pyrrole nitrogens is 1. The summed E-state index contributed by atoms with van der Waals surface area (Å²) in [5.41, 5.74) is 5.72. The minimum absolute atomic E-state index is 0.303. The molecule has 158 valence electrons. The second-order valence-corrected chi connectivity index (χ2v) is 7.82. The second kappa shape index (κ2) is 8.63. The average molecular weight is 419 g/mol. The summed E-state index contributed by atoms with van der Waals surface area (Å²) < 4.78 is 29.4. The van der Waals surface area contributed by atoms with Crippen molar-refractivity contribution in [1.29, 1.82) is 0 Å². The molecular formula is C23H24BF2N5. The minimum atomic E-state index is -0.395. The number of aliphatic imine (C=N–C) groups is 1. The lowest BCUT2D eigenvalue weighted by atomic mass is 9.95. The number of hydrogen-bond acceptors (Lipinski definition) is 4. The summed E-state index contributed by atoms with van der Waals surface area (Å²) in [6, 6.07) is 6.54. The minimum Gasteiger partial charge on any atom is -0.381 e. The molecule has 0 saturated carbocycles. The Hall–Kier alpha value is -3.00. The predicted molar refractivity (Wildman–Crippen MR) is 121 cm³/mol. The molecule has 1 aliphatic heterocycles. The van der Waals surface area contributed by atoms with Crippen LogP contribution in [0.5, 0.6) is 0 Å². The topological polar surface area (TPSA) is 56.3 Å². The van der Waals surface area contributed by atoms with E-state index >= 15 is 4.39 Å². The molecule has 0 saturated heterocycles. The number of aromatic amines is 1. The summed E-state index contributed by atoms with van der Waals surface area (Å²) in [7, 11) is 5.84. The molecule has 3 aromatic rings. The van der Waals surface area contributed by atoms with Crippen LogP contribution in [-0.4, -0.2) is 42.8 Å². The summed E-state index contributed by atoms with van der Waals surface area (Å²) in [5.74, 6) is -0.697. The van der Waals surface area contributed by atoms with E-state index in [-0.39, 0.29) is 5.82 Å². The maximum Gasteiger partial charge on any atom is 0.183 e. The first-order chi connectivity index (χ1) is 14.9. The van der Waals surface area contributed by atoms with E-state index < -0.39 is 5.82 Å². The van der Waals surface area contributed by atoms with Gasteiger partial charge in [-0.05, 0) is 67.1 Å². The van der Waals surface area contributed by atoms with Gasteiger partial charge in [-0.15, -0.1) is 0 Å². The van der Waals surface area contributed by atoms with E-state index in [9.17, 15) is 4.39 Å². The van der Waals surface area contributed by atoms with Crippen molar-refractivity contribution in [3.8, 4) is 11.1 Å². The van der Waals surface area contributed by atoms with Crippen LogP contribution in [0.2, 0.25) is 0 Å². The molecule has 5 nitrogen and oxygen atoms in total. The predicted octanol–water partition coefficient (Wildman–Crippen LogP) is 4.17. The Kier molecular flexibility index (Phi) is 5.91. The van der Waals surface area contributed by atoms with Gasteiger partial charge in [-0.2, -0.15) is 5.10 Å². The fourth-order valence-electron chi connectivity index (χ4n) is 4.05. The third kappa shape index (κ3) is 4.12. The normalized spacial score (nSPS) is 15.0. The van der Waals surface area contributed by atoms with Crippen LogP contribution in [0.15, 0.2) is 40.7 Å². The Morgan fingerprint density at radius 2 is 2.06 bits per heavy atom. The summed E-state index contributed by atoms with van der Waals surface area (Å²) in [5, 5.41) is 11.0. The average Bonchev–Trinajstić information content (AvgIpc) is 3.17. The van der Waals surface area contributed by atoms with Crippen molar-refractivity contribution >= 4 is 25.6 Å². The van der Waals surface area contributed by atoms with Crippen molar-refractivity contribution in [2.24, 2.45) is 4.99 Å². The summed E-state index contributed by atoms with van der Waals surface area (Å²) >= 11 is 0. The number of aromatic nitrogens is 2. The van der Waals surface area contributed by atoms with Gasteiger partial charge in [0.1, 0.15) is 11.6 Å². The lowest BCUT2D eigenvalue weighted by molar-refractivity contribution is 0.448. The third-order valence-corrected chi connectivity index (χ3v) is 5.78. The van der Waals surface area contributed by atoms with E-state index in [2.05, 4.69) is 27.2 Å². The zero-order valence-electron chi connectivity index (χ0n) is 17.7. The number of aryl methyl sites for hydroxylation is 2. The van der Waals surface area contributed by atoms with Crippen LogP contribution in [0.1, 0.15) is 30.2 Å². The number of nitrogens with zero attached hydrogens (tertiary/aromatic N) is 3. The molecule has 0 atom stereocenters. The highest BCUT2D eigenvalue weighted by atomic mass is 19.1. The molecule has 2 N–H and O–H groups in total. The van der Waals surface area contributed by atoms with Crippen LogP contribution in [0.25, 0.3) is 22.0 Å². The molecule has 31 heavy (non-hydrogen) atoms. The zero-order valence-corrected chi connectivity index (χ0v) is 17.7. The highest BCUT2D eigenvalue weighted by molar-refractivity contribution is 6.04. The van der Waals surface area contributed by atoms with E-state index in [1.54, 1.807) is 17.8 Å². The largest absolute Gasteiger partial charge is 0.381 e. The zero-order chi connectivity index (χ0) is 22.1. The molecule has 0 spiro atoms. The van der Waals surface area contributed by atoms with Gasteiger partial charge in [0, 0.05) is 18.7 Å². The smallest absolute Gasteiger partial charge is 0.183 e. The monoisotopic (exact) mass is 419 g/mol. The maximum atomic E-state index is 15.2. The SMILES string of the molecule is [B]N1CCC(NCc2[nH]nc3cc(-c4cc(F)c(C)cc4CC)cc(F)c23)=C(N=C)C1. The van der Waals surface area contributed by atoms with Crippen LogP contribution >= 0.6 is 0 Å². The van der Waals surface area contributed by atoms with Crippen LogP contribution in [0.4, 0.5) is 8.78 Å². The fourth-order valence-corrected chi connectivity index (χ4v) is 4.05. The quantitative estimate of drug-likeness (QED) is 0.466. The molecule has 0 bridgehead atoms. The molecule has 0 amide bonds. The van der Waals surface area contributed by atoms with Crippen molar-refractivity contribution in [2.75, 3.05) is 13.1 Å². The van der Waals surface area contributed by atoms with Crippen molar-refractivity contribution in [1.82, 2.24) is 20.3 Å². The lowest BCUT2D eigenvalue weighted by Crippen LogP contribution is -2.32. The van der Waals surface area contributed by atoms with Gasteiger partial charge in [0.2, 0.25) is 0 Å². The van der Waals surface area contributed by atoms with Gasteiger partial charge in [0.05, 0.1) is 28.8 Å². The number of rotatable bonds is 6. The number of nitrogens with one attached hydrogen (secondary N) is 2. The summed E-state index contributed by atoms with van der Waals surface area (Å²) in [6.07, 6.45) is 1.43. The van der Waals surface area contributed by atoms with E-state index in [1.807, 2.05) is 13.0 Å². The summed E-state index contributed by atoms with van der Waals surface area (Å²) in [4.78, 5) is 5.73. The Morgan fingerprint density at radius 1 is 1.26 bits per heavy atom. The second-order valence-electron chi connectivity index (χ2n) is 7.82. The van der Waals surface area contributed by atoms with E-state index in [0.29, 0.717) is 59.3 Å². The van der Waals surface area contributed by atoms with Crippen LogP contribution in [0.3, 0.4) is 0 Å². The molecule has 0 unspecified atom stereocenters.